The Balaban J connectivity index is 1.17. The summed E-state index contributed by atoms with van der Waals surface area (Å²) in [5.74, 6) is 3.15. The number of aromatic nitrogens is 4. The number of para-hydroxylation sites is 1. The highest BCUT2D eigenvalue weighted by Crippen LogP contribution is 2.37. The molecule has 0 aliphatic carbocycles. The maximum atomic E-state index is 5.70. The van der Waals surface area contributed by atoms with Crippen LogP contribution in [0.2, 0.25) is 0 Å². The molecule has 0 unspecified atom stereocenters. The number of anilines is 1. The Labute approximate surface area is 199 Å². The van der Waals surface area contributed by atoms with Crippen LogP contribution in [0.25, 0.3) is 5.65 Å². The van der Waals surface area contributed by atoms with E-state index in [4.69, 9.17) is 14.5 Å². The highest BCUT2D eigenvalue weighted by atomic mass is 16.7. The first-order chi connectivity index (χ1) is 16.7. The van der Waals surface area contributed by atoms with Crippen molar-refractivity contribution in [2.75, 3.05) is 25.2 Å². The highest BCUT2D eigenvalue weighted by molar-refractivity contribution is 6.36. The monoisotopic (exact) mass is 454 g/mol. The molecular formula is C25H27BN6O2. The van der Waals surface area contributed by atoms with Gasteiger partial charge in [-0.15, -0.1) is 0 Å². The van der Waals surface area contributed by atoms with E-state index in [0.717, 1.165) is 72.2 Å². The number of nitrogens with one attached hydrogen (secondary N) is 1. The van der Waals surface area contributed by atoms with Gasteiger partial charge in [-0.3, -0.25) is 9.88 Å². The zero-order valence-corrected chi connectivity index (χ0v) is 19.3. The smallest absolute Gasteiger partial charge is 0.231 e. The van der Waals surface area contributed by atoms with Gasteiger partial charge in [-0.25, -0.2) is 4.98 Å². The maximum absolute atomic E-state index is 5.70. The number of hydrogen-bond donors (Lipinski definition) is 1. The number of hydrogen-bond acceptors (Lipinski definition) is 7. The van der Waals surface area contributed by atoms with Crippen molar-refractivity contribution in [3.63, 3.8) is 0 Å². The van der Waals surface area contributed by atoms with Crippen LogP contribution in [0.15, 0.2) is 55.0 Å². The first-order valence-corrected chi connectivity index (χ1v) is 11.8. The fourth-order valence-electron chi connectivity index (χ4n) is 4.86. The molecule has 0 saturated carbocycles. The zero-order valence-electron chi connectivity index (χ0n) is 19.3. The highest BCUT2D eigenvalue weighted by Gasteiger charge is 2.25. The van der Waals surface area contributed by atoms with Crippen molar-refractivity contribution in [3.8, 4) is 11.5 Å². The molecular weight excluding hydrogens is 427 g/mol. The van der Waals surface area contributed by atoms with E-state index in [9.17, 15) is 0 Å². The van der Waals surface area contributed by atoms with E-state index >= 15 is 0 Å². The molecule has 0 amide bonds. The van der Waals surface area contributed by atoms with Crippen LogP contribution in [0.1, 0.15) is 35.6 Å². The van der Waals surface area contributed by atoms with E-state index in [1.807, 2.05) is 35.1 Å². The molecule has 5 heterocycles. The van der Waals surface area contributed by atoms with Gasteiger partial charge in [-0.1, -0.05) is 18.2 Å². The second-order valence-electron chi connectivity index (χ2n) is 9.05. The maximum Gasteiger partial charge on any atom is 0.231 e. The Morgan fingerprint density at radius 2 is 2.00 bits per heavy atom. The summed E-state index contributed by atoms with van der Waals surface area (Å²) in [7, 11) is 2.07. The van der Waals surface area contributed by atoms with Gasteiger partial charge >= 0.3 is 0 Å². The van der Waals surface area contributed by atoms with Crippen LogP contribution in [-0.4, -0.2) is 52.2 Å². The fraction of sp³-hybridized carbons (Fsp3) is 0.320. The average molecular weight is 454 g/mol. The lowest BCUT2D eigenvalue weighted by Crippen LogP contribution is -2.33. The van der Waals surface area contributed by atoms with E-state index in [1.165, 1.54) is 5.56 Å². The molecule has 1 saturated heterocycles. The third-order valence-electron chi connectivity index (χ3n) is 6.74. The minimum atomic E-state index is 0.313. The standard InChI is InChI=1S/C25H27BN6O2/c26-20-14-29-32-23(28-13-17-3-2-8-27-12-17)11-21(30-25(20)32)18-6-9-31(10-7-18)15-19-4-1-5-22-24(19)34-16-33-22/h1-5,8,11-12,14,18,28H,6-7,9-10,13,15-16,26H2. The molecule has 9 heteroatoms. The van der Waals surface area contributed by atoms with Crippen LogP contribution in [-0.2, 0) is 13.1 Å². The lowest BCUT2D eigenvalue weighted by Gasteiger charge is -2.32. The van der Waals surface area contributed by atoms with Gasteiger partial charge in [0.2, 0.25) is 6.79 Å². The van der Waals surface area contributed by atoms with Crippen LogP contribution in [0.3, 0.4) is 0 Å². The van der Waals surface area contributed by atoms with Crippen molar-refractivity contribution < 1.29 is 9.47 Å². The number of benzene rings is 1. The number of likely N-dealkylation sites (tertiary alicyclic amines) is 1. The fourth-order valence-corrected chi connectivity index (χ4v) is 4.86. The van der Waals surface area contributed by atoms with Gasteiger partial charge in [0.05, 0.1) is 0 Å². The number of nitrogens with zero attached hydrogens (tertiary/aromatic N) is 5. The molecule has 34 heavy (non-hydrogen) atoms. The normalized spacial score (nSPS) is 16.2. The van der Waals surface area contributed by atoms with E-state index in [-0.39, 0.29) is 0 Å². The second-order valence-corrected chi connectivity index (χ2v) is 9.05. The van der Waals surface area contributed by atoms with Gasteiger partial charge in [0.15, 0.2) is 17.1 Å². The molecule has 4 aromatic rings. The van der Waals surface area contributed by atoms with E-state index in [1.54, 1.807) is 6.20 Å². The summed E-state index contributed by atoms with van der Waals surface area (Å²) in [6.45, 7) is 3.94. The summed E-state index contributed by atoms with van der Waals surface area (Å²) < 4.78 is 13.1. The summed E-state index contributed by atoms with van der Waals surface area (Å²) >= 11 is 0. The topological polar surface area (TPSA) is 76.8 Å². The first kappa shape index (κ1) is 21.0. The van der Waals surface area contributed by atoms with Gasteiger partial charge in [0.25, 0.3) is 0 Å². The van der Waals surface area contributed by atoms with Crippen molar-refractivity contribution in [1.29, 1.82) is 0 Å². The molecule has 1 aromatic carbocycles. The SMILES string of the molecule is Bc1cnn2c(NCc3cccnc3)cc(C3CCN(Cc4cccc5c4OCO5)CC3)nc12. The Bertz CT molecular complexity index is 1300. The molecule has 3 aromatic heterocycles. The van der Waals surface area contributed by atoms with Crippen molar-refractivity contribution in [2.24, 2.45) is 0 Å². The third kappa shape index (κ3) is 4.07. The number of fused-ring (bicyclic) bond motifs is 2. The molecule has 172 valence electrons. The summed E-state index contributed by atoms with van der Waals surface area (Å²) in [5, 5.41) is 8.10. The number of piperidine rings is 1. The molecule has 2 aliphatic heterocycles. The van der Waals surface area contributed by atoms with E-state index in [0.29, 0.717) is 19.3 Å². The molecule has 1 N–H and O–H groups in total. The summed E-state index contributed by atoms with van der Waals surface area (Å²) in [4.78, 5) is 11.7. The van der Waals surface area contributed by atoms with E-state index < -0.39 is 0 Å². The third-order valence-corrected chi connectivity index (χ3v) is 6.74. The predicted molar refractivity (Wildman–Crippen MR) is 133 cm³/mol. The number of pyridine rings is 1. The Morgan fingerprint density at radius 3 is 2.85 bits per heavy atom. The predicted octanol–water partition coefficient (Wildman–Crippen LogP) is 2.10. The summed E-state index contributed by atoms with van der Waals surface area (Å²) in [6, 6.07) is 12.4. The summed E-state index contributed by atoms with van der Waals surface area (Å²) in [5.41, 5.74) is 5.48. The quantitative estimate of drug-likeness (QED) is 0.448. The lowest BCUT2D eigenvalue weighted by atomic mass is 9.92. The van der Waals surface area contributed by atoms with E-state index in [2.05, 4.69) is 46.3 Å². The van der Waals surface area contributed by atoms with Crippen LogP contribution in [0.5, 0.6) is 11.5 Å². The second kappa shape index (κ2) is 8.98. The van der Waals surface area contributed by atoms with Crippen LogP contribution >= 0.6 is 0 Å². The van der Waals surface area contributed by atoms with Gasteiger partial charge in [0.1, 0.15) is 13.7 Å². The van der Waals surface area contributed by atoms with Crippen molar-refractivity contribution >= 4 is 24.8 Å². The lowest BCUT2D eigenvalue weighted by molar-refractivity contribution is 0.169. The minimum absolute atomic E-state index is 0.313. The zero-order chi connectivity index (χ0) is 22.9. The molecule has 0 spiro atoms. The van der Waals surface area contributed by atoms with Crippen molar-refractivity contribution in [1.82, 2.24) is 24.5 Å². The van der Waals surface area contributed by atoms with Crippen LogP contribution in [0, 0.1) is 0 Å². The Hall–Kier alpha value is -3.59. The van der Waals surface area contributed by atoms with Gasteiger partial charge in [0, 0.05) is 54.9 Å². The van der Waals surface area contributed by atoms with Gasteiger partial charge in [-0.05, 0) is 49.1 Å². The molecule has 1 fully saturated rings. The average Bonchev–Trinajstić information content (AvgIpc) is 3.51. The minimum Gasteiger partial charge on any atom is -0.454 e. The largest absolute Gasteiger partial charge is 0.454 e. The van der Waals surface area contributed by atoms with Crippen LogP contribution < -0.4 is 20.3 Å². The van der Waals surface area contributed by atoms with Gasteiger partial charge < -0.3 is 14.8 Å². The number of rotatable bonds is 6. The molecule has 0 radical (unpaired) electrons. The Morgan fingerprint density at radius 1 is 1.09 bits per heavy atom. The molecule has 8 nitrogen and oxygen atoms in total. The number of ether oxygens (including phenoxy) is 2. The van der Waals surface area contributed by atoms with Gasteiger partial charge in [-0.2, -0.15) is 9.61 Å². The molecule has 0 bridgehead atoms. The molecule has 2 aliphatic rings. The molecule has 6 rings (SSSR count). The van der Waals surface area contributed by atoms with Crippen molar-refractivity contribution in [2.45, 2.75) is 31.8 Å². The van der Waals surface area contributed by atoms with Crippen LogP contribution in [0.4, 0.5) is 5.82 Å². The van der Waals surface area contributed by atoms with Crippen molar-refractivity contribution in [3.05, 3.63) is 71.8 Å². The summed E-state index contributed by atoms with van der Waals surface area (Å²) in [6.07, 6.45) is 7.71. The Kier molecular flexibility index (Phi) is 5.54. The molecule has 0 atom stereocenters. The first-order valence-electron chi connectivity index (χ1n) is 11.8.